The Morgan fingerprint density at radius 2 is 1.95 bits per heavy atom. The number of carboxylic acid groups (broad SMARTS) is 1. The average Bonchev–Trinajstić information content (AvgIpc) is 2.84. The Balaban J connectivity index is 1.79. The van der Waals surface area contributed by atoms with Gasteiger partial charge in [0.1, 0.15) is 5.75 Å². The number of halogens is 2. The highest BCUT2D eigenvalue weighted by atomic mass is 19.3. The summed E-state index contributed by atoms with van der Waals surface area (Å²) in [6, 6.07) is 6.69. The van der Waals surface area contributed by atoms with Crippen LogP contribution in [0.3, 0.4) is 0 Å². The molecule has 1 aliphatic rings. The minimum absolute atomic E-state index is 0.0435. The average molecular weight is 313 g/mol. The molecule has 1 N–H and O–H groups in total. The first-order valence-corrected chi connectivity index (χ1v) is 6.95. The predicted octanol–water partition coefficient (Wildman–Crippen LogP) is 1.95. The number of carboxylic acids is 1. The van der Waals surface area contributed by atoms with Crippen molar-refractivity contribution in [3.8, 4) is 5.75 Å². The van der Waals surface area contributed by atoms with Crippen LogP contribution < -0.4 is 4.74 Å². The number of likely N-dealkylation sites (tertiary alicyclic amines) is 1. The van der Waals surface area contributed by atoms with Crippen molar-refractivity contribution in [2.75, 3.05) is 19.7 Å². The van der Waals surface area contributed by atoms with E-state index in [1.54, 1.807) is 24.3 Å². The molecule has 1 amide bonds. The third kappa shape index (κ3) is 4.68. The summed E-state index contributed by atoms with van der Waals surface area (Å²) in [6.07, 6.45) is 0.149. The van der Waals surface area contributed by atoms with Crippen LogP contribution in [0.1, 0.15) is 18.4 Å². The highest BCUT2D eigenvalue weighted by molar-refractivity contribution is 5.78. The summed E-state index contributed by atoms with van der Waals surface area (Å²) >= 11 is 0. The number of aliphatic carboxylic acids is 1. The van der Waals surface area contributed by atoms with Gasteiger partial charge in [0.2, 0.25) is 0 Å². The van der Waals surface area contributed by atoms with Gasteiger partial charge in [-0.25, -0.2) is 8.78 Å². The van der Waals surface area contributed by atoms with E-state index < -0.39 is 24.3 Å². The normalized spacial score (nSPS) is 16.5. The standard InChI is InChI=1S/C15H17F2NO4/c16-15(17)7-8-18(10-15)13(19)9-22-12-4-1-11(2-5-12)3-6-14(20)21/h1-2,4-5H,3,6-10H2,(H,20,21). The molecule has 0 atom stereocenters. The van der Waals surface area contributed by atoms with Gasteiger partial charge in [0.15, 0.2) is 6.61 Å². The number of carbonyl (C=O) groups excluding carboxylic acids is 1. The maximum absolute atomic E-state index is 13.0. The third-order valence-electron chi connectivity index (χ3n) is 3.44. The lowest BCUT2D eigenvalue weighted by Gasteiger charge is -2.16. The van der Waals surface area contributed by atoms with Crippen LogP contribution in [0.15, 0.2) is 24.3 Å². The molecule has 0 saturated carbocycles. The van der Waals surface area contributed by atoms with Crippen molar-refractivity contribution in [1.29, 1.82) is 0 Å². The number of nitrogens with zero attached hydrogens (tertiary/aromatic N) is 1. The molecule has 1 aromatic rings. The number of rotatable bonds is 6. The van der Waals surface area contributed by atoms with Crippen LogP contribution in [0.5, 0.6) is 5.75 Å². The largest absolute Gasteiger partial charge is 0.484 e. The van der Waals surface area contributed by atoms with Crippen molar-refractivity contribution in [1.82, 2.24) is 4.90 Å². The number of ether oxygens (including phenoxy) is 1. The van der Waals surface area contributed by atoms with Gasteiger partial charge in [-0.15, -0.1) is 0 Å². The number of aryl methyl sites for hydroxylation is 1. The van der Waals surface area contributed by atoms with E-state index >= 15 is 0 Å². The van der Waals surface area contributed by atoms with E-state index in [-0.39, 0.29) is 26.0 Å². The number of benzene rings is 1. The second-order valence-corrected chi connectivity index (χ2v) is 5.25. The van der Waals surface area contributed by atoms with Gasteiger partial charge in [-0.2, -0.15) is 0 Å². The molecule has 22 heavy (non-hydrogen) atoms. The smallest absolute Gasteiger partial charge is 0.303 e. The molecular weight excluding hydrogens is 296 g/mol. The fourth-order valence-electron chi connectivity index (χ4n) is 2.19. The van der Waals surface area contributed by atoms with Gasteiger partial charge >= 0.3 is 5.97 Å². The number of carbonyl (C=O) groups is 2. The van der Waals surface area contributed by atoms with Gasteiger partial charge < -0.3 is 14.7 Å². The van der Waals surface area contributed by atoms with Gasteiger partial charge in [-0.1, -0.05) is 12.1 Å². The molecule has 120 valence electrons. The molecule has 0 aromatic heterocycles. The molecule has 0 bridgehead atoms. The number of hydrogen-bond donors (Lipinski definition) is 1. The van der Waals surface area contributed by atoms with Crippen LogP contribution >= 0.6 is 0 Å². The monoisotopic (exact) mass is 313 g/mol. The van der Waals surface area contributed by atoms with Crippen LogP contribution in [0, 0.1) is 0 Å². The molecule has 1 saturated heterocycles. The molecule has 0 unspecified atom stereocenters. The first kappa shape index (κ1) is 16.2. The second-order valence-electron chi connectivity index (χ2n) is 5.25. The molecule has 1 aliphatic heterocycles. The Bertz CT molecular complexity index is 545. The van der Waals surface area contributed by atoms with Crippen LogP contribution in [-0.2, 0) is 16.0 Å². The first-order valence-electron chi connectivity index (χ1n) is 6.95. The van der Waals surface area contributed by atoms with Gasteiger partial charge in [-0.05, 0) is 24.1 Å². The molecule has 0 spiro atoms. The molecule has 1 fully saturated rings. The second kappa shape index (κ2) is 6.72. The highest BCUT2D eigenvalue weighted by Crippen LogP contribution is 2.26. The fraction of sp³-hybridized carbons (Fsp3) is 0.467. The van der Waals surface area contributed by atoms with Crippen LogP contribution in [0.2, 0.25) is 0 Å². The molecule has 0 aliphatic carbocycles. The quantitative estimate of drug-likeness (QED) is 0.872. The van der Waals surface area contributed by atoms with Gasteiger partial charge in [-0.3, -0.25) is 9.59 Å². The van der Waals surface area contributed by atoms with Crippen molar-refractivity contribution >= 4 is 11.9 Å². The molecule has 7 heteroatoms. The van der Waals surface area contributed by atoms with E-state index in [2.05, 4.69) is 0 Å². The molecule has 1 aromatic carbocycles. The summed E-state index contributed by atoms with van der Waals surface area (Å²) in [5.41, 5.74) is 0.847. The van der Waals surface area contributed by atoms with Crippen molar-refractivity contribution < 1.29 is 28.2 Å². The topological polar surface area (TPSA) is 66.8 Å². The zero-order chi connectivity index (χ0) is 16.2. The first-order chi connectivity index (χ1) is 10.4. The Morgan fingerprint density at radius 3 is 2.50 bits per heavy atom. The zero-order valence-corrected chi connectivity index (χ0v) is 11.9. The Hall–Kier alpha value is -2.18. The third-order valence-corrected chi connectivity index (χ3v) is 3.44. The van der Waals surface area contributed by atoms with Crippen molar-refractivity contribution in [2.45, 2.75) is 25.2 Å². The Labute approximate surface area is 126 Å². The summed E-state index contributed by atoms with van der Waals surface area (Å²) in [4.78, 5) is 23.3. The van der Waals surface area contributed by atoms with Crippen molar-refractivity contribution in [3.63, 3.8) is 0 Å². The maximum atomic E-state index is 13.0. The molecule has 1 heterocycles. The van der Waals surface area contributed by atoms with E-state index in [0.29, 0.717) is 12.2 Å². The van der Waals surface area contributed by atoms with Crippen molar-refractivity contribution in [3.05, 3.63) is 29.8 Å². The summed E-state index contributed by atoms with van der Waals surface area (Å²) in [5, 5.41) is 8.60. The van der Waals surface area contributed by atoms with Crippen LogP contribution in [0.4, 0.5) is 8.78 Å². The number of alkyl halides is 2. The van der Waals surface area contributed by atoms with E-state index in [0.717, 1.165) is 10.5 Å². The summed E-state index contributed by atoms with van der Waals surface area (Å²) in [7, 11) is 0. The highest BCUT2D eigenvalue weighted by Gasteiger charge is 2.40. The Morgan fingerprint density at radius 1 is 1.27 bits per heavy atom. The van der Waals surface area contributed by atoms with Crippen molar-refractivity contribution in [2.24, 2.45) is 0 Å². The molecule has 2 rings (SSSR count). The van der Waals surface area contributed by atoms with E-state index in [1.165, 1.54) is 0 Å². The summed E-state index contributed by atoms with van der Waals surface area (Å²) in [5.74, 6) is -3.69. The lowest BCUT2D eigenvalue weighted by molar-refractivity contribution is -0.137. The predicted molar refractivity (Wildman–Crippen MR) is 74.0 cm³/mol. The van der Waals surface area contributed by atoms with Gasteiger partial charge in [0.25, 0.3) is 11.8 Å². The number of hydrogen-bond acceptors (Lipinski definition) is 3. The lowest BCUT2D eigenvalue weighted by atomic mass is 10.1. The van der Waals surface area contributed by atoms with Gasteiger partial charge in [0.05, 0.1) is 6.54 Å². The van der Waals surface area contributed by atoms with Crippen LogP contribution in [-0.4, -0.2) is 47.5 Å². The minimum Gasteiger partial charge on any atom is -0.484 e. The minimum atomic E-state index is -2.80. The summed E-state index contributed by atoms with van der Waals surface area (Å²) in [6.45, 7) is -0.794. The zero-order valence-electron chi connectivity index (χ0n) is 11.9. The number of amides is 1. The summed E-state index contributed by atoms with van der Waals surface area (Å²) < 4.78 is 31.3. The van der Waals surface area contributed by atoms with E-state index in [9.17, 15) is 18.4 Å². The maximum Gasteiger partial charge on any atom is 0.303 e. The van der Waals surface area contributed by atoms with E-state index in [4.69, 9.17) is 9.84 Å². The SMILES string of the molecule is O=C(O)CCc1ccc(OCC(=O)N2CCC(F)(F)C2)cc1. The lowest BCUT2D eigenvalue weighted by Crippen LogP contribution is -2.34. The van der Waals surface area contributed by atoms with Crippen LogP contribution in [0.25, 0.3) is 0 Å². The van der Waals surface area contributed by atoms with E-state index in [1.807, 2.05) is 0 Å². The Kier molecular flexibility index (Phi) is 4.95. The molecule has 0 radical (unpaired) electrons. The fourth-order valence-corrected chi connectivity index (χ4v) is 2.19. The van der Waals surface area contributed by atoms with Gasteiger partial charge in [0, 0.05) is 19.4 Å². The molecular formula is C15H17F2NO4. The molecule has 5 nitrogen and oxygen atoms in total.